The van der Waals surface area contributed by atoms with Gasteiger partial charge < -0.3 is 15.0 Å². The number of nitrogens with zero attached hydrogens (tertiary/aromatic N) is 1. The zero-order valence-electron chi connectivity index (χ0n) is 10.9. The summed E-state index contributed by atoms with van der Waals surface area (Å²) in [6.07, 6.45) is 3.54. The van der Waals surface area contributed by atoms with E-state index in [0.29, 0.717) is 18.6 Å². The summed E-state index contributed by atoms with van der Waals surface area (Å²) >= 11 is 0. The molecule has 2 aliphatic rings. The first-order chi connectivity index (χ1) is 8.24. The molecule has 0 aromatic rings. The fourth-order valence-corrected chi connectivity index (χ4v) is 2.64. The maximum Gasteiger partial charge on any atom is 0.227 e. The fourth-order valence-electron chi connectivity index (χ4n) is 2.64. The Hall–Kier alpha value is -0.610. The molecular formula is C13H24N2O2. The number of hydrogen-bond acceptors (Lipinski definition) is 3. The number of nitrogens with one attached hydrogen (secondary N) is 1. The summed E-state index contributed by atoms with van der Waals surface area (Å²) < 4.78 is 5.13. The normalized spacial score (nSPS) is 25.9. The highest BCUT2D eigenvalue weighted by Crippen LogP contribution is 2.35. The van der Waals surface area contributed by atoms with Gasteiger partial charge in [0.1, 0.15) is 0 Å². The lowest BCUT2D eigenvalue weighted by Gasteiger charge is -2.31. The average molecular weight is 240 g/mol. The van der Waals surface area contributed by atoms with Crippen molar-refractivity contribution < 1.29 is 9.53 Å². The molecule has 0 radical (unpaired) electrons. The van der Waals surface area contributed by atoms with Crippen molar-refractivity contribution in [2.24, 2.45) is 11.8 Å². The van der Waals surface area contributed by atoms with Crippen molar-refractivity contribution in [3.05, 3.63) is 0 Å². The Bertz CT molecular complexity index is 260. The molecule has 2 unspecified atom stereocenters. The topological polar surface area (TPSA) is 41.6 Å². The van der Waals surface area contributed by atoms with E-state index in [1.54, 1.807) is 7.11 Å². The first kappa shape index (κ1) is 12.8. The smallest absolute Gasteiger partial charge is 0.227 e. The summed E-state index contributed by atoms with van der Waals surface area (Å²) in [4.78, 5) is 14.5. The third kappa shape index (κ3) is 3.19. The van der Waals surface area contributed by atoms with Crippen molar-refractivity contribution in [2.45, 2.75) is 32.2 Å². The zero-order chi connectivity index (χ0) is 12.3. The lowest BCUT2D eigenvalue weighted by atomic mass is 10.0. The number of rotatable bonds is 6. The standard InChI is InChI=1S/C13H24N2O2/c1-10(11-3-4-11)15(7-8-17-2)13(16)12-5-6-14-9-12/h10-12,14H,3-9H2,1-2H3. The van der Waals surface area contributed by atoms with E-state index in [0.717, 1.165) is 32.0 Å². The van der Waals surface area contributed by atoms with E-state index in [4.69, 9.17) is 4.74 Å². The number of methoxy groups -OCH3 is 1. The molecule has 0 aromatic heterocycles. The van der Waals surface area contributed by atoms with Gasteiger partial charge in [0.25, 0.3) is 0 Å². The van der Waals surface area contributed by atoms with E-state index in [2.05, 4.69) is 17.1 Å². The number of carbonyl (C=O) groups excluding carboxylic acids is 1. The molecule has 1 N–H and O–H groups in total. The van der Waals surface area contributed by atoms with Crippen molar-refractivity contribution in [2.75, 3.05) is 33.4 Å². The van der Waals surface area contributed by atoms with Gasteiger partial charge in [0, 0.05) is 26.2 Å². The van der Waals surface area contributed by atoms with Gasteiger partial charge in [-0.2, -0.15) is 0 Å². The van der Waals surface area contributed by atoms with Gasteiger partial charge in [0.2, 0.25) is 5.91 Å². The molecule has 1 saturated carbocycles. The molecule has 1 aliphatic carbocycles. The Kier molecular flexibility index (Phi) is 4.40. The van der Waals surface area contributed by atoms with Crippen LogP contribution in [0, 0.1) is 11.8 Å². The molecular weight excluding hydrogens is 216 g/mol. The maximum atomic E-state index is 12.5. The molecule has 1 heterocycles. The minimum absolute atomic E-state index is 0.188. The van der Waals surface area contributed by atoms with Crippen LogP contribution in [0.4, 0.5) is 0 Å². The van der Waals surface area contributed by atoms with Gasteiger partial charge >= 0.3 is 0 Å². The van der Waals surface area contributed by atoms with E-state index < -0.39 is 0 Å². The summed E-state index contributed by atoms with van der Waals surface area (Å²) in [6, 6.07) is 0.387. The maximum absolute atomic E-state index is 12.5. The highest BCUT2D eigenvalue weighted by molar-refractivity contribution is 5.79. The van der Waals surface area contributed by atoms with Crippen LogP contribution in [0.2, 0.25) is 0 Å². The molecule has 17 heavy (non-hydrogen) atoms. The Morgan fingerprint density at radius 1 is 1.47 bits per heavy atom. The van der Waals surface area contributed by atoms with Crippen LogP contribution in [0.15, 0.2) is 0 Å². The fraction of sp³-hybridized carbons (Fsp3) is 0.923. The van der Waals surface area contributed by atoms with Crippen molar-refractivity contribution in [1.29, 1.82) is 0 Å². The predicted molar refractivity (Wildman–Crippen MR) is 66.8 cm³/mol. The summed E-state index contributed by atoms with van der Waals surface area (Å²) in [5, 5.41) is 3.27. The van der Waals surface area contributed by atoms with Crippen molar-refractivity contribution in [1.82, 2.24) is 10.2 Å². The molecule has 1 amide bonds. The van der Waals surface area contributed by atoms with Gasteiger partial charge in [-0.15, -0.1) is 0 Å². The predicted octanol–water partition coefficient (Wildman–Crippen LogP) is 0.869. The monoisotopic (exact) mass is 240 g/mol. The Morgan fingerprint density at radius 2 is 2.24 bits per heavy atom. The Balaban J connectivity index is 1.94. The van der Waals surface area contributed by atoms with Crippen LogP contribution in [0.1, 0.15) is 26.2 Å². The van der Waals surface area contributed by atoms with E-state index in [9.17, 15) is 4.79 Å². The van der Waals surface area contributed by atoms with Crippen LogP contribution < -0.4 is 5.32 Å². The van der Waals surface area contributed by atoms with E-state index in [1.807, 2.05) is 0 Å². The lowest BCUT2D eigenvalue weighted by Crippen LogP contribution is -2.45. The number of amides is 1. The van der Waals surface area contributed by atoms with Crippen LogP contribution in [0.25, 0.3) is 0 Å². The lowest BCUT2D eigenvalue weighted by molar-refractivity contribution is -0.138. The molecule has 1 saturated heterocycles. The highest BCUT2D eigenvalue weighted by atomic mass is 16.5. The molecule has 2 atom stereocenters. The largest absolute Gasteiger partial charge is 0.383 e. The summed E-state index contributed by atoms with van der Waals surface area (Å²) in [5.74, 6) is 1.24. The summed E-state index contributed by atoms with van der Waals surface area (Å²) in [7, 11) is 1.70. The van der Waals surface area contributed by atoms with Gasteiger partial charge in [-0.1, -0.05) is 0 Å². The van der Waals surface area contributed by atoms with Gasteiger partial charge in [0.15, 0.2) is 0 Å². The molecule has 98 valence electrons. The third-order valence-electron chi connectivity index (χ3n) is 4.02. The number of carbonyl (C=O) groups is 1. The Labute approximate surface area is 104 Å². The van der Waals surface area contributed by atoms with Crippen molar-refractivity contribution >= 4 is 5.91 Å². The molecule has 4 nitrogen and oxygen atoms in total. The van der Waals surface area contributed by atoms with Crippen molar-refractivity contribution in [3.8, 4) is 0 Å². The van der Waals surface area contributed by atoms with Crippen LogP contribution in [-0.2, 0) is 9.53 Å². The molecule has 0 bridgehead atoms. The molecule has 4 heteroatoms. The number of hydrogen-bond donors (Lipinski definition) is 1. The molecule has 1 aliphatic heterocycles. The SMILES string of the molecule is COCCN(C(=O)C1CCNC1)C(C)C1CC1. The third-order valence-corrected chi connectivity index (χ3v) is 4.02. The first-order valence-corrected chi connectivity index (χ1v) is 6.74. The van der Waals surface area contributed by atoms with Gasteiger partial charge in [0.05, 0.1) is 12.5 Å². The summed E-state index contributed by atoms with van der Waals surface area (Å²) in [6.45, 7) is 5.39. The van der Waals surface area contributed by atoms with E-state index in [-0.39, 0.29) is 5.92 Å². The highest BCUT2D eigenvalue weighted by Gasteiger charge is 2.36. The van der Waals surface area contributed by atoms with Crippen LogP contribution in [-0.4, -0.2) is 50.2 Å². The first-order valence-electron chi connectivity index (χ1n) is 6.74. The second kappa shape index (κ2) is 5.83. The second-order valence-corrected chi connectivity index (χ2v) is 5.29. The minimum atomic E-state index is 0.188. The molecule has 2 rings (SSSR count). The molecule has 0 aromatic carbocycles. The van der Waals surface area contributed by atoms with Crippen LogP contribution in [0.5, 0.6) is 0 Å². The quantitative estimate of drug-likeness (QED) is 0.749. The molecule has 2 fully saturated rings. The number of ether oxygens (including phenoxy) is 1. The minimum Gasteiger partial charge on any atom is -0.383 e. The van der Waals surface area contributed by atoms with Gasteiger partial charge in [-0.05, 0) is 38.6 Å². The van der Waals surface area contributed by atoms with Crippen molar-refractivity contribution in [3.63, 3.8) is 0 Å². The van der Waals surface area contributed by atoms with Crippen LogP contribution in [0.3, 0.4) is 0 Å². The Morgan fingerprint density at radius 3 is 2.76 bits per heavy atom. The molecule has 0 spiro atoms. The van der Waals surface area contributed by atoms with Gasteiger partial charge in [-0.3, -0.25) is 4.79 Å². The second-order valence-electron chi connectivity index (χ2n) is 5.29. The summed E-state index contributed by atoms with van der Waals surface area (Å²) in [5.41, 5.74) is 0. The average Bonchev–Trinajstić information content (AvgIpc) is 3.04. The van der Waals surface area contributed by atoms with Crippen LogP contribution >= 0.6 is 0 Å². The zero-order valence-corrected chi connectivity index (χ0v) is 10.9. The van der Waals surface area contributed by atoms with Gasteiger partial charge in [-0.25, -0.2) is 0 Å². The van der Waals surface area contributed by atoms with E-state index >= 15 is 0 Å². The van der Waals surface area contributed by atoms with E-state index in [1.165, 1.54) is 12.8 Å².